The number of benzene rings is 2. The lowest BCUT2D eigenvalue weighted by Crippen LogP contribution is -2.42. The van der Waals surface area contributed by atoms with Gasteiger partial charge in [0.1, 0.15) is 0 Å². The lowest BCUT2D eigenvalue weighted by molar-refractivity contribution is -0.137. The number of carbonyl (C=O) groups excluding carboxylic acids is 1. The molecule has 2 aromatic rings. The van der Waals surface area contributed by atoms with Gasteiger partial charge in [-0.2, -0.15) is 22.6 Å². The van der Waals surface area contributed by atoms with Crippen molar-refractivity contribution in [3.63, 3.8) is 0 Å². The molecule has 1 N–H and O–H groups in total. The van der Waals surface area contributed by atoms with Gasteiger partial charge in [0.25, 0.3) is 0 Å². The van der Waals surface area contributed by atoms with E-state index in [2.05, 4.69) is 10.5 Å². The number of carbonyl (C=O) groups is 1. The highest BCUT2D eigenvalue weighted by atomic mass is 35.5. The molecule has 2 aromatic carbocycles. The average Bonchev–Trinajstić information content (AvgIpc) is 2.74. The third-order valence-corrected chi connectivity index (χ3v) is 7.09. The molecule has 0 atom stereocenters. The van der Waals surface area contributed by atoms with Gasteiger partial charge in [-0.1, -0.05) is 29.8 Å². The van der Waals surface area contributed by atoms with Gasteiger partial charge in [-0.3, -0.25) is 4.79 Å². The van der Waals surface area contributed by atoms with E-state index in [-0.39, 0.29) is 36.4 Å². The van der Waals surface area contributed by atoms with E-state index in [0.717, 1.165) is 12.3 Å². The number of hydrazone groups is 1. The Morgan fingerprint density at radius 1 is 1.10 bits per heavy atom. The first-order valence-electron chi connectivity index (χ1n) is 9.34. The molecule has 1 amide bonds. The molecule has 6 nitrogen and oxygen atoms in total. The molecule has 3 rings (SSSR count). The number of halogens is 4. The van der Waals surface area contributed by atoms with Crippen molar-refractivity contribution in [3.05, 3.63) is 64.7 Å². The molecule has 1 aliphatic rings. The van der Waals surface area contributed by atoms with Gasteiger partial charge in [-0.15, -0.1) is 0 Å². The smallest absolute Gasteiger partial charge is 0.273 e. The molecule has 1 fully saturated rings. The van der Waals surface area contributed by atoms with Crippen molar-refractivity contribution in [2.75, 3.05) is 13.1 Å². The van der Waals surface area contributed by atoms with Gasteiger partial charge in [-0.25, -0.2) is 13.8 Å². The fourth-order valence-electron chi connectivity index (χ4n) is 3.24. The molecule has 0 radical (unpaired) electrons. The molecule has 0 aliphatic carbocycles. The molecule has 166 valence electrons. The SMILES string of the molecule is O=C(N/N=C\c1ccccc1C(F)(F)F)C1CCN(S(=O)(=O)c2ccc(Cl)cc2)CC1. The number of nitrogens with zero attached hydrogens (tertiary/aromatic N) is 2. The van der Waals surface area contributed by atoms with Crippen LogP contribution in [0.25, 0.3) is 0 Å². The summed E-state index contributed by atoms with van der Waals surface area (Å²) in [6, 6.07) is 10.7. The third-order valence-electron chi connectivity index (χ3n) is 4.92. The second-order valence-electron chi connectivity index (χ2n) is 6.95. The van der Waals surface area contributed by atoms with Gasteiger partial charge in [0.15, 0.2) is 0 Å². The van der Waals surface area contributed by atoms with Crippen LogP contribution in [0.2, 0.25) is 5.02 Å². The molecule has 0 spiro atoms. The summed E-state index contributed by atoms with van der Waals surface area (Å²) in [5, 5.41) is 4.07. The largest absolute Gasteiger partial charge is 0.417 e. The molecule has 31 heavy (non-hydrogen) atoms. The first-order chi connectivity index (χ1) is 14.6. The summed E-state index contributed by atoms with van der Waals surface area (Å²) in [7, 11) is -3.69. The van der Waals surface area contributed by atoms with E-state index in [4.69, 9.17) is 11.6 Å². The van der Waals surface area contributed by atoms with Crippen LogP contribution in [-0.4, -0.2) is 37.9 Å². The Kier molecular flexibility index (Phi) is 7.03. The number of hydrogen-bond donors (Lipinski definition) is 1. The second kappa shape index (κ2) is 9.37. The molecular formula is C20H19ClF3N3O3S. The maximum absolute atomic E-state index is 13.0. The van der Waals surface area contributed by atoms with E-state index >= 15 is 0 Å². The molecule has 0 saturated carbocycles. The molecule has 0 unspecified atom stereocenters. The normalized spacial score (nSPS) is 16.5. The minimum atomic E-state index is -4.53. The summed E-state index contributed by atoms with van der Waals surface area (Å²) in [4.78, 5) is 12.4. The number of sulfonamides is 1. The van der Waals surface area contributed by atoms with Gasteiger partial charge in [0, 0.05) is 29.6 Å². The molecule has 0 aromatic heterocycles. The Labute approximate surface area is 182 Å². The summed E-state index contributed by atoms with van der Waals surface area (Å²) < 4.78 is 65.6. The summed E-state index contributed by atoms with van der Waals surface area (Å²) in [6.45, 7) is 0.285. The zero-order valence-electron chi connectivity index (χ0n) is 16.1. The van der Waals surface area contributed by atoms with Crippen LogP contribution in [0.1, 0.15) is 24.0 Å². The number of alkyl halides is 3. The van der Waals surface area contributed by atoms with E-state index in [0.29, 0.717) is 5.02 Å². The highest BCUT2D eigenvalue weighted by Gasteiger charge is 2.33. The zero-order chi connectivity index (χ0) is 22.6. The van der Waals surface area contributed by atoms with Crippen molar-refractivity contribution in [2.45, 2.75) is 23.9 Å². The zero-order valence-corrected chi connectivity index (χ0v) is 17.7. The Balaban J connectivity index is 1.58. The van der Waals surface area contributed by atoms with Crippen LogP contribution in [-0.2, 0) is 21.0 Å². The van der Waals surface area contributed by atoms with Crippen LogP contribution in [0.3, 0.4) is 0 Å². The lowest BCUT2D eigenvalue weighted by atomic mass is 9.98. The monoisotopic (exact) mass is 473 g/mol. The van der Waals surface area contributed by atoms with Crippen molar-refractivity contribution < 1.29 is 26.4 Å². The molecule has 0 bridgehead atoms. The predicted molar refractivity (Wildman–Crippen MR) is 110 cm³/mol. The Morgan fingerprint density at radius 2 is 1.71 bits per heavy atom. The Hall–Kier alpha value is -2.43. The fraction of sp³-hybridized carbons (Fsp3) is 0.300. The average molecular weight is 474 g/mol. The Morgan fingerprint density at radius 3 is 2.32 bits per heavy atom. The van der Waals surface area contributed by atoms with Crippen LogP contribution in [0, 0.1) is 5.92 Å². The van der Waals surface area contributed by atoms with Gasteiger partial charge >= 0.3 is 6.18 Å². The lowest BCUT2D eigenvalue weighted by Gasteiger charge is -2.30. The number of piperidine rings is 1. The summed E-state index contributed by atoms with van der Waals surface area (Å²) in [5.74, 6) is -0.962. The van der Waals surface area contributed by atoms with E-state index in [1.54, 1.807) is 0 Å². The van der Waals surface area contributed by atoms with Crippen LogP contribution in [0.4, 0.5) is 13.2 Å². The van der Waals surface area contributed by atoms with Crippen LogP contribution in [0.5, 0.6) is 0 Å². The van der Waals surface area contributed by atoms with Crippen molar-refractivity contribution in [2.24, 2.45) is 11.0 Å². The number of nitrogens with one attached hydrogen (secondary N) is 1. The van der Waals surface area contributed by atoms with Crippen molar-refractivity contribution in [1.82, 2.24) is 9.73 Å². The van der Waals surface area contributed by atoms with E-state index in [1.165, 1.54) is 46.8 Å². The fourth-order valence-corrected chi connectivity index (χ4v) is 4.83. The van der Waals surface area contributed by atoms with Crippen LogP contribution >= 0.6 is 11.6 Å². The Bertz CT molecular complexity index is 1070. The van der Waals surface area contributed by atoms with E-state index < -0.39 is 33.6 Å². The number of amides is 1. The number of rotatable bonds is 5. The highest BCUT2D eigenvalue weighted by molar-refractivity contribution is 7.89. The highest BCUT2D eigenvalue weighted by Crippen LogP contribution is 2.31. The summed E-state index contributed by atoms with van der Waals surface area (Å²) >= 11 is 5.79. The standard InChI is InChI=1S/C20H19ClF3N3O3S/c21-16-5-7-17(8-6-16)31(29,30)27-11-9-14(10-12-27)19(28)26-25-13-15-3-1-2-4-18(15)20(22,23)24/h1-8,13-14H,9-12H2,(H,26,28)/b25-13-. The van der Waals surface area contributed by atoms with Gasteiger partial charge in [0.05, 0.1) is 16.7 Å². The minimum absolute atomic E-state index is 0.118. The topological polar surface area (TPSA) is 78.8 Å². The van der Waals surface area contributed by atoms with E-state index in [9.17, 15) is 26.4 Å². The molecule has 1 aliphatic heterocycles. The van der Waals surface area contributed by atoms with Gasteiger partial charge < -0.3 is 0 Å². The van der Waals surface area contributed by atoms with Crippen LogP contribution < -0.4 is 5.43 Å². The number of hydrogen-bond acceptors (Lipinski definition) is 4. The summed E-state index contributed by atoms with van der Waals surface area (Å²) in [5.41, 5.74) is 1.23. The third kappa shape index (κ3) is 5.63. The van der Waals surface area contributed by atoms with Gasteiger partial charge in [-0.05, 0) is 43.2 Å². The quantitative estimate of drug-likeness (QED) is 0.528. The predicted octanol–water partition coefficient (Wildman–Crippen LogP) is 3.91. The van der Waals surface area contributed by atoms with Crippen molar-refractivity contribution in [3.8, 4) is 0 Å². The molecule has 11 heteroatoms. The summed E-state index contributed by atoms with van der Waals surface area (Å²) in [6.07, 6.45) is -3.05. The van der Waals surface area contributed by atoms with Crippen molar-refractivity contribution >= 4 is 33.7 Å². The van der Waals surface area contributed by atoms with Gasteiger partial charge in [0.2, 0.25) is 15.9 Å². The maximum Gasteiger partial charge on any atom is 0.417 e. The minimum Gasteiger partial charge on any atom is -0.273 e. The first kappa shape index (κ1) is 23.2. The van der Waals surface area contributed by atoms with E-state index in [1.807, 2.05) is 0 Å². The molecular weight excluding hydrogens is 455 g/mol. The molecule has 1 saturated heterocycles. The van der Waals surface area contributed by atoms with Crippen molar-refractivity contribution in [1.29, 1.82) is 0 Å². The first-order valence-corrected chi connectivity index (χ1v) is 11.2. The molecule has 1 heterocycles. The maximum atomic E-state index is 13.0. The second-order valence-corrected chi connectivity index (χ2v) is 9.33. The van der Waals surface area contributed by atoms with Crippen LogP contribution in [0.15, 0.2) is 58.5 Å².